The third-order valence-electron chi connectivity index (χ3n) is 5.29. The standard InChI is InChI=1S/C19H24ClN7O2/c20-15-13-14(7-8-16(15)27(28)29)21-17-22-18(25-9-3-1-4-10-25)24-19(23-17)26-11-5-2-6-12-26/h7-8,13H,1-6,9-12H2,(H,21,22,23,24). The van der Waals surface area contributed by atoms with E-state index in [1.54, 1.807) is 6.07 Å². The zero-order chi connectivity index (χ0) is 20.2. The SMILES string of the molecule is O=[N+]([O-])c1ccc(Nc2nc(N3CCCCC3)nc(N3CCCCC3)n2)cc1Cl. The Morgan fingerprint density at radius 3 is 1.93 bits per heavy atom. The Bertz CT molecular complexity index is 847. The van der Waals surface area contributed by atoms with Crippen molar-refractivity contribution in [3.8, 4) is 0 Å². The van der Waals surface area contributed by atoms with Crippen LogP contribution in [0.2, 0.25) is 5.02 Å². The van der Waals surface area contributed by atoms with Crippen LogP contribution in [0.1, 0.15) is 38.5 Å². The second-order valence-corrected chi connectivity index (χ2v) is 7.81. The molecule has 3 heterocycles. The molecule has 2 aliphatic rings. The molecule has 0 saturated carbocycles. The van der Waals surface area contributed by atoms with Gasteiger partial charge in [0.2, 0.25) is 17.8 Å². The van der Waals surface area contributed by atoms with Gasteiger partial charge in [-0.25, -0.2) is 0 Å². The molecule has 154 valence electrons. The molecule has 2 aliphatic heterocycles. The number of anilines is 4. The van der Waals surface area contributed by atoms with E-state index in [2.05, 4.69) is 25.1 Å². The highest BCUT2D eigenvalue weighted by atomic mass is 35.5. The number of nitro benzene ring substituents is 1. The van der Waals surface area contributed by atoms with Crippen molar-refractivity contribution in [3.63, 3.8) is 0 Å². The molecule has 2 fully saturated rings. The lowest BCUT2D eigenvalue weighted by Gasteiger charge is -2.30. The van der Waals surface area contributed by atoms with Gasteiger partial charge in [-0.3, -0.25) is 10.1 Å². The lowest BCUT2D eigenvalue weighted by molar-refractivity contribution is -0.384. The van der Waals surface area contributed by atoms with Crippen LogP contribution in [0, 0.1) is 10.1 Å². The number of nitro groups is 1. The van der Waals surface area contributed by atoms with Crippen LogP contribution in [0.5, 0.6) is 0 Å². The van der Waals surface area contributed by atoms with E-state index in [0.717, 1.165) is 51.9 Å². The fourth-order valence-electron chi connectivity index (χ4n) is 3.74. The first kappa shape index (κ1) is 19.6. The van der Waals surface area contributed by atoms with Crippen molar-refractivity contribution < 1.29 is 4.92 Å². The van der Waals surface area contributed by atoms with Gasteiger partial charge in [0.15, 0.2) is 0 Å². The number of nitrogens with zero attached hydrogens (tertiary/aromatic N) is 6. The van der Waals surface area contributed by atoms with Crippen LogP contribution in [-0.4, -0.2) is 46.1 Å². The fraction of sp³-hybridized carbons (Fsp3) is 0.526. The smallest absolute Gasteiger partial charge is 0.288 e. The monoisotopic (exact) mass is 417 g/mol. The Kier molecular flexibility index (Phi) is 5.94. The Labute approximate surface area is 174 Å². The van der Waals surface area contributed by atoms with Gasteiger partial charge >= 0.3 is 0 Å². The average Bonchev–Trinajstić information content (AvgIpc) is 2.74. The lowest BCUT2D eigenvalue weighted by Crippen LogP contribution is -2.34. The highest BCUT2D eigenvalue weighted by molar-refractivity contribution is 6.32. The Morgan fingerprint density at radius 2 is 1.45 bits per heavy atom. The van der Waals surface area contributed by atoms with Gasteiger partial charge in [-0.05, 0) is 50.7 Å². The largest absolute Gasteiger partial charge is 0.341 e. The Morgan fingerprint density at radius 1 is 0.897 bits per heavy atom. The topological polar surface area (TPSA) is 100 Å². The molecule has 1 N–H and O–H groups in total. The minimum absolute atomic E-state index is 0.0709. The zero-order valence-electron chi connectivity index (χ0n) is 16.2. The molecule has 4 rings (SSSR count). The molecule has 29 heavy (non-hydrogen) atoms. The summed E-state index contributed by atoms with van der Waals surface area (Å²) >= 11 is 6.05. The highest BCUT2D eigenvalue weighted by Crippen LogP contribution is 2.29. The molecule has 0 atom stereocenters. The van der Waals surface area contributed by atoms with E-state index in [0.29, 0.717) is 23.5 Å². The summed E-state index contributed by atoms with van der Waals surface area (Å²) in [5.74, 6) is 1.78. The van der Waals surface area contributed by atoms with E-state index < -0.39 is 4.92 Å². The second kappa shape index (κ2) is 8.77. The molecule has 1 aromatic carbocycles. The van der Waals surface area contributed by atoms with Gasteiger partial charge in [0.1, 0.15) is 5.02 Å². The second-order valence-electron chi connectivity index (χ2n) is 7.40. The zero-order valence-corrected chi connectivity index (χ0v) is 16.9. The molecule has 0 spiro atoms. The van der Waals surface area contributed by atoms with E-state index >= 15 is 0 Å². The number of rotatable bonds is 5. The third-order valence-corrected chi connectivity index (χ3v) is 5.59. The van der Waals surface area contributed by atoms with Gasteiger partial charge in [0, 0.05) is 37.9 Å². The van der Waals surface area contributed by atoms with Crippen LogP contribution < -0.4 is 15.1 Å². The van der Waals surface area contributed by atoms with Crippen molar-refractivity contribution in [1.29, 1.82) is 0 Å². The maximum Gasteiger partial charge on any atom is 0.288 e. The summed E-state index contributed by atoms with van der Waals surface area (Å²) < 4.78 is 0. The number of halogens is 1. The molecular formula is C19H24ClN7O2. The quantitative estimate of drug-likeness (QED) is 0.571. The Hall–Kier alpha value is -2.68. The van der Waals surface area contributed by atoms with Gasteiger partial charge < -0.3 is 15.1 Å². The molecule has 10 heteroatoms. The molecular weight excluding hydrogens is 394 g/mol. The van der Waals surface area contributed by atoms with Crippen molar-refractivity contribution >= 4 is 40.8 Å². The van der Waals surface area contributed by atoms with Crippen LogP contribution in [0.15, 0.2) is 18.2 Å². The van der Waals surface area contributed by atoms with Crippen molar-refractivity contribution in [2.24, 2.45) is 0 Å². The average molecular weight is 418 g/mol. The highest BCUT2D eigenvalue weighted by Gasteiger charge is 2.21. The summed E-state index contributed by atoms with van der Waals surface area (Å²) in [5.41, 5.74) is 0.469. The van der Waals surface area contributed by atoms with Crippen LogP contribution in [0.25, 0.3) is 0 Å². The first-order valence-electron chi connectivity index (χ1n) is 10.1. The number of piperidine rings is 2. The number of hydrogen-bond acceptors (Lipinski definition) is 8. The molecule has 0 amide bonds. The molecule has 9 nitrogen and oxygen atoms in total. The summed E-state index contributed by atoms with van der Waals surface area (Å²) in [7, 11) is 0. The summed E-state index contributed by atoms with van der Waals surface area (Å²) in [6.07, 6.45) is 6.98. The van der Waals surface area contributed by atoms with Gasteiger partial charge in [0.05, 0.1) is 4.92 Å². The summed E-state index contributed by atoms with van der Waals surface area (Å²) in [6, 6.07) is 4.50. The number of benzene rings is 1. The molecule has 2 saturated heterocycles. The number of aromatic nitrogens is 3. The minimum atomic E-state index is -0.502. The Balaban J connectivity index is 1.64. The molecule has 0 bridgehead atoms. The number of hydrogen-bond donors (Lipinski definition) is 1. The van der Waals surface area contributed by atoms with Crippen LogP contribution in [-0.2, 0) is 0 Å². The van der Waals surface area contributed by atoms with Crippen molar-refractivity contribution in [3.05, 3.63) is 33.3 Å². The van der Waals surface area contributed by atoms with Gasteiger partial charge in [-0.2, -0.15) is 15.0 Å². The van der Waals surface area contributed by atoms with Crippen LogP contribution in [0.4, 0.5) is 29.2 Å². The van der Waals surface area contributed by atoms with E-state index in [9.17, 15) is 10.1 Å². The van der Waals surface area contributed by atoms with Crippen LogP contribution in [0.3, 0.4) is 0 Å². The summed E-state index contributed by atoms with van der Waals surface area (Å²) in [6.45, 7) is 3.75. The van der Waals surface area contributed by atoms with Gasteiger partial charge in [-0.15, -0.1) is 0 Å². The molecule has 0 unspecified atom stereocenters. The summed E-state index contributed by atoms with van der Waals surface area (Å²) in [4.78, 5) is 28.9. The van der Waals surface area contributed by atoms with E-state index in [1.807, 2.05) is 0 Å². The normalized spacial score (nSPS) is 17.3. The molecule has 0 aliphatic carbocycles. The summed E-state index contributed by atoms with van der Waals surface area (Å²) in [5, 5.41) is 14.2. The first-order chi connectivity index (χ1) is 14.1. The van der Waals surface area contributed by atoms with Gasteiger partial charge in [0.25, 0.3) is 5.69 Å². The number of nitrogens with one attached hydrogen (secondary N) is 1. The van der Waals surface area contributed by atoms with E-state index in [4.69, 9.17) is 16.6 Å². The van der Waals surface area contributed by atoms with Crippen molar-refractivity contribution in [2.45, 2.75) is 38.5 Å². The molecule has 0 radical (unpaired) electrons. The maximum atomic E-state index is 11.0. The minimum Gasteiger partial charge on any atom is -0.341 e. The first-order valence-corrected chi connectivity index (χ1v) is 10.4. The predicted molar refractivity (Wildman–Crippen MR) is 113 cm³/mol. The lowest BCUT2D eigenvalue weighted by atomic mass is 10.1. The third kappa shape index (κ3) is 4.67. The maximum absolute atomic E-state index is 11.0. The van der Waals surface area contributed by atoms with E-state index in [-0.39, 0.29) is 10.7 Å². The predicted octanol–water partition coefficient (Wildman–Crippen LogP) is 4.16. The van der Waals surface area contributed by atoms with Crippen molar-refractivity contribution in [1.82, 2.24) is 15.0 Å². The van der Waals surface area contributed by atoms with Crippen LogP contribution >= 0.6 is 11.6 Å². The van der Waals surface area contributed by atoms with E-state index in [1.165, 1.54) is 25.0 Å². The van der Waals surface area contributed by atoms with Gasteiger partial charge in [-0.1, -0.05) is 11.6 Å². The van der Waals surface area contributed by atoms with Crippen molar-refractivity contribution in [2.75, 3.05) is 41.3 Å². The molecule has 2 aromatic rings. The molecule has 1 aromatic heterocycles. The fourth-order valence-corrected chi connectivity index (χ4v) is 3.99.